The summed E-state index contributed by atoms with van der Waals surface area (Å²) in [6.07, 6.45) is 0. The van der Waals surface area contributed by atoms with E-state index in [0.29, 0.717) is 30.4 Å². The fourth-order valence-electron chi connectivity index (χ4n) is 2.87. The van der Waals surface area contributed by atoms with Crippen molar-refractivity contribution in [3.63, 3.8) is 0 Å². The zero-order valence-corrected chi connectivity index (χ0v) is 15.2. The molecule has 2 heterocycles. The second kappa shape index (κ2) is 8.49. The van der Waals surface area contributed by atoms with E-state index in [0.717, 1.165) is 18.9 Å². The van der Waals surface area contributed by atoms with Gasteiger partial charge in [0.2, 0.25) is 0 Å². The molecule has 1 N–H and O–H groups in total. The smallest absolute Gasteiger partial charge is 0.276 e. The third kappa shape index (κ3) is 4.27. The minimum Gasteiger partial charge on any atom is -0.455 e. The molecule has 28 heavy (non-hydrogen) atoms. The Kier molecular flexibility index (Phi) is 5.44. The molecule has 0 bridgehead atoms. The molecule has 0 spiro atoms. The monoisotopic (exact) mass is 376 g/mol. The number of hydrogen-bond donors (Lipinski definition) is 1. The van der Waals surface area contributed by atoms with Crippen LogP contribution in [0.1, 0.15) is 10.5 Å². The van der Waals surface area contributed by atoms with Gasteiger partial charge in [0.25, 0.3) is 5.91 Å². The summed E-state index contributed by atoms with van der Waals surface area (Å²) >= 11 is 0. The third-order valence-electron chi connectivity index (χ3n) is 4.32. The Balaban J connectivity index is 1.46. The Bertz CT molecular complexity index is 926. The Labute approximate surface area is 162 Å². The molecular formula is C21H20N4O3. The summed E-state index contributed by atoms with van der Waals surface area (Å²) < 4.78 is 11.2. The highest BCUT2D eigenvalue weighted by Crippen LogP contribution is 2.29. The number of benzene rings is 2. The summed E-state index contributed by atoms with van der Waals surface area (Å²) in [7, 11) is 0. The highest BCUT2D eigenvalue weighted by Gasteiger charge is 2.15. The van der Waals surface area contributed by atoms with Gasteiger partial charge in [-0.15, -0.1) is 10.2 Å². The van der Waals surface area contributed by atoms with Gasteiger partial charge < -0.3 is 19.7 Å². The standard InChI is InChI=1S/C21H20N4O3/c26-21(18-10-11-20(24-23-18)25-12-14-27-15-13-25)22-17-8-4-5-9-19(17)28-16-6-2-1-3-7-16/h1-11H,12-15H2,(H,22,26). The maximum absolute atomic E-state index is 12.6. The zero-order valence-electron chi connectivity index (χ0n) is 15.2. The van der Waals surface area contributed by atoms with Gasteiger partial charge in [0, 0.05) is 13.1 Å². The molecule has 0 atom stereocenters. The van der Waals surface area contributed by atoms with Crippen LogP contribution < -0.4 is 15.0 Å². The summed E-state index contributed by atoms with van der Waals surface area (Å²) in [4.78, 5) is 14.7. The third-order valence-corrected chi connectivity index (χ3v) is 4.32. The van der Waals surface area contributed by atoms with Crippen LogP contribution in [-0.4, -0.2) is 42.4 Å². The molecule has 1 aliphatic heterocycles. The Hall–Kier alpha value is -3.45. The minimum absolute atomic E-state index is 0.242. The highest BCUT2D eigenvalue weighted by molar-refractivity contribution is 6.03. The minimum atomic E-state index is -0.342. The topological polar surface area (TPSA) is 76.6 Å². The first-order chi connectivity index (χ1) is 13.8. The molecule has 1 saturated heterocycles. The van der Waals surface area contributed by atoms with Crippen LogP contribution in [-0.2, 0) is 4.74 Å². The number of para-hydroxylation sites is 3. The molecule has 0 saturated carbocycles. The summed E-state index contributed by atoms with van der Waals surface area (Å²) in [6, 6.07) is 20.2. The molecule has 0 radical (unpaired) electrons. The van der Waals surface area contributed by atoms with Gasteiger partial charge in [-0.05, 0) is 36.4 Å². The molecule has 0 aliphatic carbocycles. The zero-order chi connectivity index (χ0) is 19.2. The Morgan fingerprint density at radius 1 is 0.929 bits per heavy atom. The average Bonchev–Trinajstić information content (AvgIpc) is 2.76. The second-order valence-electron chi connectivity index (χ2n) is 6.24. The number of rotatable bonds is 5. The molecule has 0 unspecified atom stereocenters. The van der Waals surface area contributed by atoms with Gasteiger partial charge >= 0.3 is 0 Å². The van der Waals surface area contributed by atoms with Gasteiger partial charge in [-0.2, -0.15) is 0 Å². The van der Waals surface area contributed by atoms with Crippen molar-refractivity contribution in [1.29, 1.82) is 0 Å². The second-order valence-corrected chi connectivity index (χ2v) is 6.24. The van der Waals surface area contributed by atoms with Crippen LogP contribution in [0.15, 0.2) is 66.7 Å². The van der Waals surface area contributed by atoms with Crippen LogP contribution in [0.3, 0.4) is 0 Å². The van der Waals surface area contributed by atoms with E-state index < -0.39 is 0 Å². The van der Waals surface area contributed by atoms with Gasteiger partial charge in [-0.3, -0.25) is 4.79 Å². The van der Waals surface area contributed by atoms with Gasteiger partial charge in [0.05, 0.1) is 18.9 Å². The molecule has 4 rings (SSSR count). The predicted octanol–water partition coefficient (Wildman–Crippen LogP) is 3.36. The number of carbonyl (C=O) groups is 1. The normalized spacial score (nSPS) is 13.8. The fraction of sp³-hybridized carbons (Fsp3) is 0.190. The molecule has 1 aromatic heterocycles. The van der Waals surface area contributed by atoms with Crippen LogP contribution in [0.25, 0.3) is 0 Å². The molecule has 3 aromatic rings. The van der Waals surface area contributed by atoms with Crippen molar-refractivity contribution in [2.45, 2.75) is 0 Å². The number of aromatic nitrogens is 2. The van der Waals surface area contributed by atoms with Gasteiger partial charge in [0.1, 0.15) is 5.75 Å². The predicted molar refractivity (Wildman–Crippen MR) is 106 cm³/mol. The van der Waals surface area contributed by atoms with E-state index in [-0.39, 0.29) is 11.6 Å². The van der Waals surface area contributed by atoms with Crippen LogP contribution in [0, 0.1) is 0 Å². The average molecular weight is 376 g/mol. The van der Waals surface area contributed by atoms with E-state index in [4.69, 9.17) is 9.47 Å². The van der Waals surface area contributed by atoms with E-state index >= 15 is 0 Å². The lowest BCUT2D eigenvalue weighted by Crippen LogP contribution is -2.37. The molecule has 1 fully saturated rings. The van der Waals surface area contributed by atoms with Crippen molar-refractivity contribution in [2.75, 3.05) is 36.5 Å². The Morgan fingerprint density at radius 3 is 2.43 bits per heavy atom. The van der Waals surface area contributed by atoms with E-state index in [1.807, 2.05) is 42.5 Å². The summed E-state index contributed by atoms with van der Waals surface area (Å²) in [5, 5.41) is 11.1. The summed E-state index contributed by atoms with van der Waals surface area (Å²) in [6.45, 7) is 2.87. The first-order valence-electron chi connectivity index (χ1n) is 9.09. The van der Waals surface area contributed by atoms with E-state index in [1.54, 1.807) is 24.3 Å². The molecule has 1 amide bonds. The summed E-state index contributed by atoms with van der Waals surface area (Å²) in [5.41, 5.74) is 0.807. The van der Waals surface area contributed by atoms with Gasteiger partial charge in [-0.1, -0.05) is 30.3 Å². The van der Waals surface area contributed by atoms with Crippen molar-refractivity contribution >= 4 is 17.4 Å². The Morgan fingerprint density at radius 2 is 1.68 bits per heavy atom. The lowest BCUT2D eigenvalue weighted by Gasteiger charge is -2.27. The number of hydrogen-bond acceptors (Lipinski definition) is 6. The molecule has 7 nitrogen and oxygen atoms in total. The number of ether oxygens (including phenoxy) is 2. The van der Waals surface area contributed by atoms with Crippen molar-refractivity contribution < 1.29 is 14.3 Å². The van der Waals surface area contributed by atoms with E-state index in [1.165, 1.54) is 0 Å². The number of carbonyl (C=O) groups excluding carboxylic acids is 1. The van der Waals surface area contributed by atoms with Gasteiger partial charge in [0.15, 0.2) is 17.3 Å². The van der Waals surface area contributed by atoms with Crippen LogP contribution in [0.5, 0.6) is 11.5 Å². The van der Waals surface area contributed by atoms with Crippen molar-refractivity contribution in [2.24, 2.45) is 0 Å². The lowest BCUT2D eigenvalue weighted by atomic mass is 10.2. The first kappa shape index (κ1) is 17.9. The SMILES string of the molecule is O=C(Nc1ccccc1Oc1ccccc1)c1ccc(N2CCOCC2)nn1. The largest absolute Gasteiger partial charge is 0.455 e. The van der Waals surface area contributed by atoms with Crippen LogP contribution in [0.4, 0.5) is 11.5 Å². The molecule has 142 valence electrons. The number of amides is 1. The number of nitrogens with one attached hydrogen (secondary N) is 1. The van der Waals surface area contributed by atoms with Crippen molar-refractivity contribution in [1.82, 2.24) is 10.2 Å². The van der Waals surface area contributed by atoms with Crippen molar-refractivity contribution in [3.8, 4) is 11.5 Å². The maximum atomic E-state index is 12.6. The maximum Gasteiger partial charge on any atom is 0.276 e. The van der Waals surface area contributed by atoms with E-state index in [2.05, 4.69) is 20.4 Å². The molecule has 1 aliphatic rings. The van der Waals surface area contributed by atoms with Gasteiger partial charge in [-0.25, -0.2) is 0 Å². The lowest BCUT2D eigenvalue weighted by molar-refractivity contribution is 0.102. The fourth-order valence-corrected chi connectivity index (χ4v) is 2.87. The number of anilines is 2. The highest BCUT2D eigenvalue weighted by atomic mass is 16.5. The number of morpholine rings is 1. The summed E-state index contributed by atoms with van der Waals surface area (Å²) in [5.74, 6) is 1.65. The molecule has 2 aromatic carbocycles. The molecule has 7 heteroatoms. The first-order valence-corrected chi connectivity index (χ1v) is 9.09. The van der Waals surface area contributed by atoms with Crippen LogP contribution >= 0.6 is 0 Å². The number of nitrogens with zero attached hydrogens (tertiary/aromatic N) is 3. The van der Waals surface area contributed by atoms with Crippen LogP contribution in [0.2, 0.25) is 0 Å². The quantitative estimate of drug-likeness (QED) is 0.736. The van der Waals surface area contributed by atoms with E-state index in [9.17, 15) is 4.79 Å². The molecular weight excluding hydrogens is 356 g/mol. The van der Waals surface area contributed by atoms with Crippen molar-refractivity contribution in [3.05, 3.63) is 72.4 Å².